The van der Waals surface area contributed by atoms with E-state index in [1.807, 2.05) is 0 Å². The first-order valence-corrected chi connectivity index (χ1v) is 8.37. The van der Waals surface area contributed by atoms with Crippen LogP contribution in [0.4, 0.5) is 0 Å². The van der Waals surface area contributed by atoms with E-state index in [0.29, 0.717) is 18.1 Å². The summed E-state index contributed by atoms with van der Waals surface area (Å²) < 4.78 is 12.4. The molecule has 0 bridgehead atoms. The monoisotopic (exact) mass is 287 g/mol. The lowest BCUT2D eigenvalue weighted by molar-refractivity contribution is 0.249. The molecule has 3 aliphatic rings. The third kappa shape index (κ3) is 2.05. The summed E-state index contributed by atoms with van der Waals surface area (Å²) in [4.78, 5) is 0. The van der Waals surface area contributed by atoms with E-state index in [0.717, 1.165) is 25.9 Å². The van der Waals surface area contributed by atoms with Crippen LogP contribution in [-0.4, -0.2) is 25.3 Å². The van der Waals surface area contributed by atoms with Gasteiger partial charge in [-0.1, -0.05) is 0 Å². The van der Waals surface area contributed by atoms with Crippen LogP contribution in [0.25, 0.3) is 0 Å². The van der Waals surface area contributed by atoms with Gasteiger partial charge in [-0.2, -0.15) is 0 Å². The summed E-state index contributed by atoms with van der Waals surface area (Å²) in [6.45, 7) is 8.81. The second-order valence-electron chi connectivity index (χ2n) is 6.94. The second kappa shape index (κ2) is 4.91. The van der Waals surface area contributed by atoms with E-state index in [1.165, 1.54) is 46.6 Å². The fourth-order valence-electron chi connectivity index (χ4n) is 4.30. The SMILES string of the molecule is Cc1c2c(c(C3CCNCC3)c3c1OC(C)C3)OC(C)C2. The van der Waals surface area contributed by atoms with Crippen molar-refractivity contribution in [3.05, 3.63) is 22.3 Å². The van der Waals surface area contributed by atoms with E-state index >= 15 is 0 Å². The molecule has 2 unspecified atom stereocenters. The van der Waals surface area contributed by atoms with Crippen LogP contribution in [-0.2, 0) is 12.8 Å². The molecule has 0 spiro atoms. The summed E-state index contributed by atoms with van der Waals surface area (Å²) in [5.41, 5.74) is 5.66. The summed E-state index contributed by atoms with van der Waals surface area (Å²) in [6.07, 6.45) is 5.12. The number of nitrogens with one attached hydrogen (secondary N) is 1. The highest BCUT2D eigenvalue weighted by Gasteiger charge is 2.36. The number of piperidine rings is 1. The summed E-state index contributed by atoms with van der Waals surface area (Å²) in [5, 5.41) is 3.48. The molecule has 3 heterocycles. The molecule has 0 aliphatic carbocycles. The zero-order valence-corrected chi connectivity index (χ0v) is 13.3. The highest BCUT2D eigenvalue weighted by atomic mass is 16.5. The quantitative estimate of drug-likeness (QED) is 0.861. The maximum absolute atomic E-state index is 6.26. The predicted octanol–water partition coefficient (Wildman–Crippen LogP) is 3.11. The van der Waals surface area contributed by atoms with Crippen LogP contribution in [0.5, 0.6) is 11.5 Å². The highest BCUT2D eigenvalue weighted by Crippen LogP contribution is 2.50. The smallest absolute Gasteiger partial charge is 0.127 e. The van der Waals surface area contributed by atoms with Gasteiger partial charge in [-0.25, -0.2) is 0 Å². The molecule has 21 heavy (non-hydrogen) atoms. The van der Waals surface area contributed by atoms with Crippen molar-refractivity contribution in [3.8, 4) is 11.5 Å². The van der Waals surface area contributed by atoms with Gasteiger partial charge < -0.3 is 14.8 Å². The lowest BCUT2D eigenvalue weighted by Gasteiger charge is -2.27. The molecular weight excluding hydrogens is 262 g/mol. The van der Waals surface area contributed by atoms with Crippen molar-refractivity contribution in [2.24, 2.45) is 0 Å². The van der Waals surface area contributed by atoms with E-state index < -0.39 is 0 Å². The van der Waals surface area contributed by atoms with Gasteiger partial charge in [0.2, 0.25) is 0 Å². The Balaban J connectivity index is 1.88. The minimum atomic E-state index is 0.305. The molecule has 1 aromatic rings. The number of hydrogen-bond acceptors (Lipinski definition) is 3. The molecule has 1 fully saturated rings. The van der Waals surface area contributed by atoms with E-state index in [9.17, 15) is 0 Å². The maximum Gasteiger partial charge on any atom is 0.127 e. The van der Waals surface area contributed by atoms with Crippen LogP contribution in [0, 0.1) is 6.92 Å². The van der Waals surface area contributed by atoms with Gasteiger partial charge in [0.25, 0.3) is 0 Å². The van der Waals surface area contributed by atoms with Gasteiger partial charge in [-0.3, -0.25) is 0 Å². The third-order valence-corrected chi connectivity index (χ3v) is 5.28. The first-order valence-electron chi connectivity index (χ1n) is 8.37. The number of hydrogen-bond donors (Lipinski definition) is 1. The van der Waals surface area contributed by atoms with Gasteiger partial charge in [-0.15, -0.1) is 0 Å². The van der Waals surface area contributed by atoms with E-state index in [-0.39, 0.29) is 0 Å². The summed E-state index contributed by atoms with van der Waals surface area (Å²) in [6, 6.07) is 0. The van der Waals surface area contributed by atoms with Crippen LogP contribution in [0.3, 0.4) is 0 Å². The average Bonchev–Trinajstić information content (AvgIpc) is 3.03. The van der Waals surface area contributed by atoms with E-state index in [1.54, 1.807) is 0 Å². The summed E-state index contributed by atoms with van der Waals surface area (Å²) in [7, 11) is 0. The van der Waals surface area contributed by atoms with Crippen molar-refractivity contribution in [1.29, 1.82) is 0 Å². The van der Waals surface area contributed by atoms with Crippen molar-refractivity contribution in [2.75, 3.05) is 13.1 Å². The van der Waals surface area contributed by atoms with E-state index in [2.05, 4.69) is 26.1 Å². The predicted molar refractivity (Wildman–Crippen MR) is 83.6 cm³/mol. The fraction of sp³-hybridized carbons (Fsp3) is 0.667. The lowest BCUT2D eigenvalue weighted by Crippen LogP contribution is -2.27. The molecule has 0 aromatic heterocycles. The van der Waals surface area contributed by atoms with Crippen molar-refractivity contribution in [3.63, 3.8) is 0 Å². The van der Waals surface area contributed by atoms with Gasteiger partial charge in [0.1, 0.15) is 23.7 Å². The zero-order chi connectivity index (χ0) is 14.6. The average molecular weight is 287 g/mol. The minimum Gasteiger partial charge on any atom is -0.490 e. The molecule has 1 N–H and O–H groups in total. The highest BCUT2D eigenvalue weighted by molar-refractivity contribution is 5.63. The molecule has 3 aliphatic heterocycles. The van der Waals surface area contributed by atoms with Gasteiger partial charge >= 0.3 is 0 Å². The van der Waals surface area contributed by atoms with Gasteiger partial charge in [0.05, 0.1) is 0 Å². The van der Waals surface area contributed by atoms with Crippen LogP contribution in [0.1, 0.15) is 54.9 Å². The molecule has 3 heteroatoms. The Morgan fingerprint density at radius 1 is 0.905 bits per heavy atom. The van der Waals surface area contributed by atoms with Crippen LogP contribution < -0.4 is 14.8 Å². The Bertz CT molecular complexity index is 536. The fourth-order valence-corrected chi connectivity index (χ4v) is 4.30. The topological polar surface area (TPSA) is 30.5 Å². The number of ether oxygens (including phenoxy) is 2. The second-order valence-corrected chi connectivity index (χ2v) is 6.94. The van der Waals surface area contributed by atoms with Crippen molar-refractivity contribution in [2.45, 2.75) is 64.6 Å². The first-order chi connectivity index (χ1) is 10.1. The molecule has 3 nitrogen and oxygen atoms in total. The minimum absolute atomic E-state index is 0.305. The maximum atomic E-state index is 6.26. The molecule has 1 saturated heterocycles. The number of benzene rings is 1. The molecule has 0 amide bonds. The van der Waals surface area contributed by atoms with Crippen molar-refractivity contribution in [1.82, 2.24) is 5.32 Å². The van der Waals surface area contributed by atoms with Gasteiger partial charge in [-0.05, 0) is 58.2 Å². The standard InChI is InChI=1S/C18H25NO2/c1-10-8-14-12(3)17-15(9-11(2)20-17)16(18(14)21-10)13-4-6-19-7-5-13/h10-11,13,19H,4-9H2,1-3H3. The lowest BCUT2D eigenvalue weighted by atomic mass is 9.82. The van der Waals surface area contributed by atoms with Gasteiger partial charge in [0, 0.05) is 29.5 Å². The number of rotatable bonds is 1. The summed E-state index contributed by atoms with van der Waals surface area (Å²) in [5.74, 6) is 3.02. The van der Waals surface area contributed by atoms with Crippen molar-refractivity contribution < 1.29 is 9.47 Å². The molecule has 0 saturated carbocycles. The molecular formula is C18H25NO2. The molecule has 1 aromatic carbocycles. The third-order valence-electron chi connectivity index (χ3n) is 5.28. The molecule has 114 valence electrons. The Morgan fingerprint density at radius 2 is 1.52 bits per heavy atom. The van der Waals surface area contributed by atoms with E-state index in [4.69, 9.17) is 9.47 Å². The van der Waals surface area contributed by atoms with Crippen LogP contribution >= 0.6 is 0 Å². The largest absolute Gasteiger partial charge is 0.490 e. The summed E-state index contributed by atoms with van der Waals surface area (Å²) >= 11 is 0. The normalized spacial score (nSPS) is 28.0. The Morgan fingerprint density at radius 3 is 2.24 bits per heavy atom. The Hall–Kier alpha value is -1.22. The Kier molecular flexibility index (Phi) is 3.14. The molecule has 2 atom stereocenters. The van der Waals surface area contributed by atoms with Crippen LogP contribution in [0.15, 0.2) is 0 Å². The zero-order valence-electron chi connectivity index (χ0n) is 13.3. The number of fused-ring (bicyclic) bond motifs is 2. The first kappa shape index (κ1) is 13.4. The molecule has 4 rings (SSSR count). The van der Waals surface area contributed by atoms with Gasteiger partial charge in [0.15, 0.2) is 0 Å². The Labute approximate surface area is 127 Å². The molecule has 0 radical (unpaired) electrons. The van der Waals surface area contributed by atoms with Crippen LogP contribution in [0.2, 0.25) is 0 Å². The van der Waals surface area contributed by atoms with Crippen molar-refractivity contribution >= 4 is 0 Å².